The van der Waals surface area contributed by atoms with Gasteiger partial charge in [0.2, 0.25) is 5.91 Å². The fraction of sp³-hybridized carbons (Fsp3) is 0.533. The highest BCUT2D eigenvalue weighted by molar-refractivity contribution is 7.87. The number of amides is 1. The molecule has 1 aromatic rings. The number of carbonyl (C=O) groups is 1. The van der Waals surface area contributed by atoms with E-state index in [4.69, 9.17) is 0 Å². The monoisotopic (exact) mass is 325 g/mol. The molecule has 1 aliphatic rings. The normalized spacial score (nSPS) is 19.1. The Balaban J connectivity index is 1.80. The van der Waals surface area contributed by atoms with Crippen LogP contribution in [0.15, 0.2) is 30.3 Å². The van der Waals surface area contributed by atoms with Crippen LogP contribution in [0, 0.1) is 0 Å². The van der Waals surface area contributed by atoms with Gasteiger partial charge in [0.05, 0.1) is 0 Å². The predicted octanol–water partition coefficient (Wildman–Crippen LogP) is 0.616. The van der Waals surface area contributed by atoms with Gasteiger partial charge in [-0.3, -0.25) is 4.79 Å². The van der Waals surface area contributed by atoms with Crippen LogP contribution in [0.3, 0.4) is 0 Å². The standard InChI is InChI=1S/C15H23N3O3S/c1-17(2)22(20,21)16-14-11-15(19)18(12-14)10-6-9-13-7-4-3-5-8-13/h3-5,7-8,14,16H,6,9-12H2,1-2H3. The first-order valence-corrected chi connectivity index (χ1v) is 8.84. The van der Waals surface area contributed by atoms with Crippen molar-refractivity contribution in [2.24, 2.45) is 0 Å². The summed E-state index contributed by atoms with van der Waals surface area (Å²) in [6, 6.07) is 9.79. The second-order valence-electron chi connectivity index (χ2n) is 5.74. The molecule has 0 bridgehead atoms. The van der Waals surface area contributed by atoms with E-state index in [2.05, 4.69) is 16.9 Å². The molecule has 122 valence electrons. The Hall–Kier alpha value is -1.44. The van der Waals surface area contributed by atoms with Gasteiger partial charge in [-0.05, 0) is 18.4 Å². The molecule has 1 fully saturated rings. The molecule has 1 aliphatic heterocycles. The quantitative estimate of drug-likeness (QED) is 0.799. The Morgan fingerprint density at radius 3 is 2.59 bits per heavy atom. The first kappa shape index (κ1) is 16.9. The number of rotatable bonds is 7. The van der Waals surface area contributed by atoms with Gasteiger partial charge in [0.25, 0.3) is 10.2 Å². The smallest absolute Gasteiger partial charge is 0.279 e. The van der Waals surface area contributed by atoms with Crippen LogP contribution >= 0.6 is 0 Å². The van der Waals surface area contributed by atoms with Gasteiger partial charge in [-0.2, -0.15) is 17.4 Å². The minimum atomic E-state index is -3.49. The molecule has 1 unspecified atom stereocenters. The summed E-state index contributed by atoms with van der Waals surface area (Å²) < 4.78 is 27.2. The number of benzene rings is 1. The summed E-state index contributed by atoms with van der Waals surface area (Å²) in [5.41, 5.74) is 1.25. The Bertz CT molecular complexity index is 602. The summed E-state index contributed by atoms with van der Waals surface area (Å²) in [6.45, 7) is 1.11. The molecule has 1 amide bonds. The second-order valence-corrected chi connectivity index (χ2v) is 7.65. The molecule has 1 atom stereocenters. The van der Waals surface area contributed by atoms with Crippen molar-refractivity contribution in [3.05, 3.63) is 35.9 Å². The lowest BCUT2D eigenvalue weighted by atomic mass is 10.1. The third-order valence-corrected chi connectivity index (χ3v) is 5.34. The number of carbonyl (C=O) groups excluding carboxylic acids is 1. The van der Waals surface area contributed by atoms with Crippen molar-refractivity contribution in [2.75, 3.05) is 27.2 Å². The van der Waals surface area contributed by atoms with Crippen molar-refractivity contribution >= 4 is 16.1 Å². The molecule has 0 aliphatic carbocycles. The summed E-state index contributed by atoms with van der Waals surface area (Å²) in [4.78, 5) is 13.7. The van der Waals surface area contributed by atoms with Gasteiger partial charge in [-0.15, -0.1) is 0 Å². The molecule has 1 N–H and O–H groups in total. The zero-order chi connectivity index (χ0) is 16.2. The van der Waals surface area contributed by atoms with Gasteiger partial charge >= 0.3 is 0 Å². The van der Waals surface area contributed by atoms with E-state index in [-0.39, 0.29) is 18.4 Å². The van der Waals surface area contributed by atoms with Crippen molar-refractivity contribution in [3.63, 3.8) is 0 Å². The molecule has 1 aromatic carbocycles. The van der Waals surface area contributed by atoms with Crippen molar-refractivity contribution < 1.29 is 13.2 Å². The van der Waals surface area contributed by atoms with Gasteiger partial charge < -0.3 is 4.90 Å². The minimum Gasteiger partial charge on any atom is -0.341 e. The van der Waals surface area contributed by atoms with Gasteiger partial charge in [-0.1, -0.05) is 30.3 Å². The highest BCUT2D eigenvalue weighted by Crippen LogP contribution is 2.14. The van der Waals surface area contributed by atoms with Crippen molar-refractivity contribution in [1.29, 1.82) is 0 Å². The third kappa shape index (κ3) is 4.53. The van der Waals surface area contributed by atoms with Gasteiger partial charge in [-0.25, -0.2) is 0 Å². The van der Waals surface area contributed by atoms with E-state index in [0.717, 1.165) is 17.1 Å². The number of hydrogen-bond donors (Lipinski definition) is 1. The number of nitrogens with zero attached hydrogens (tertiary/aromatic N) is 2. The molecule has 7 heteroatoms. The molecular weight excluding hydrogens is 302 g/mol. The van der Waals surface area contributed by atoms with Crippen LogP contribution in [0.1, 0.15) is 18.4 Å². The average Bonchev–Trinajstić information content (AvgIpc) is 2.79. The molecule has 1 heterocycles. The Kier molecular flexibility index (Phi) is 5.55. The number of aryl methyl sites for hydroxylation is 1. The van der Waals surface area contributed by atoms with Crippen molar-refractivity contribution in [3.8, 4) is 0 Å². The third-order valence-electron chi connectivity index (χ3n) is 3.75. The lowest BCUT2D eigenvalue weighted by molar-refractivity contribution is -0.127. The number of hydrogen-bond acceptors (Lipinski definition) is 3. The van der Waals surface area contributed by atoms with Gasteiger partial charge in [0.1, 0.15) is 0 Å². The zero-order valence-electron chi connectivity index (χ0n) is 13.0. The Morgan fingerprint density at radius 2 is 1.95 bits per heavy atom. The lowest BCUT2D eigenvalue weighted by Gasteiger charge is -2.18. The lowest BCUT2D eigenvalue weighted by Crippen LogP contribution is -2.43. The maximum atomic E-state index is 12.0. The Morgan fingerprint density at radius 1 is 1.27 bits per heavy atom. The summed E-state index contributed by atoms with van der Waals surface area (Å²) >= 11 is 0. The van der Waals surface area contributed by atoms with Crippen molar-refractivity contribution in [1.82, 2.24) is 13.9 Å². The van der Waals surface area contributed by atoms with Crippen LogP contribution in [0.2, 0.25) is 0 Å². The first-order chi connectivity index (χ1) is 10.4. The summed E-state index contributed by atoms with van der Waals surface area (Å²) in [6.07, 6.45) is 2.03. The maximum absolute atomic E-state index is 12.0. The largest absolute Gasteiger partial charge is 0.341 e. The topological polar surface area (TPSA) is 69.7 Å². The van der Waals surface area contributed by atoms with E-state index in [1.54, 1.807) is 4.90 Å². The summed E-state index contributed by atoms with van der Waals surface area (Å²) in [7, 11) is -0.550. The molecule has 0 saturated carbocycles. The van der Waals surface area contributed by atoms with Gasteiger partial charge in [0, 0.05) is 39.6 Å². The predicted molar refractivity (Wildman–Crippen MR) is 85.5 cm³/mol. The molecule has 0 radical (unpaired) electrons. The van der Waals surface area contributed by atoms with Crippen LogP contribution in [0.4, 0.5) is 0 Å². The van der Waals surface area contributed by atoms with E-state index in [9.17, 15) is 13.2 Å². The van der Waals surface area contributed by atoms with Crippen LogP contribution in [0.25, 0.3) is 0 Å². The van der Waals surface area contributed by atoms with E-state index >= 15 is 0 Å². The molecular formula is C15H23N3O3S. The molecule has 1 saturated heterocycles. The van der Waals surface area contributed by atoms with E-state index in [1.807, 2.05) is 18.2 Å². The zero-order valence-corrected chi connectivity index (χ0v) is 13.8. The fourth-order valence-corrected chi connectivity index (χ4v) is 3.29. The highest BCUT2D eigenvalue weighted by atomic mass is 32.2. The fourth-order valence-electron chi connectivity index (χ4n) is 2.50. The van der Waals surface area contributed by atoms with Crippen molar-refractivity contribution in [2.45, 2.75) is 25.3 Å². The van der Waals surface area contributed by atoms with Crippen LogP contribution in [0.5, 0.6) is 0 Å². The summed E-state index contributed by atoms with van der Waals surface area (Å²) in [5.74, 6) is 0.0134. The first-order valence-electron chi connectivity index (χ1n) is 7.40. The van der Waals surface area contributed by atoms with Crippen LogP contribution in [-0.4, -0.2) is 56.8 Å². The highest BCUT2D eigenvalue weighted by Gasteiger charge is 2.32. The molecule has 0 aromatic heterocycles. The molecule has 0 spiro atoms. The van der Waals surface area contributed by atoms with E-state index < -0.39 is 10.2 Å². The minimum absolute atomic E-state index is 0.0134. The molecule has 2 rings (SSSR count). The maximum Gasteiger partial charge on any atom is 0.279 e. The summed E-state index contributed by atoms with van der Waals surface area (Å²) in [5, 5.41) is 0. The van der Waals surface area contributed by atoms with Crippen LogP contribution in [-0.2, 0) is 21.4 Å². The van der Waals surface area contributed by atoms with E-state index in [1.165, 1.54) is 19.7 Å². The number of likely N-dealkylation sites (tertiary alicyclic amines) is 1. The molecule has 6 nitrogen and oxygen atoms in total. The Labute approximate surface area is 132 Å². The number of nitrogens with one attached hydrogen (secondary N) is 1. The van der Waals surface area contributed by atoms with Gasteiger partial charge in [0.15, 0.2) is 0 Å². The van der Waals surface area contributed by atoms with Crippen LogP contribution < -0.4 is 4.72 Å². The van der Waals surface area contributed by atoms with E-state index in [0.29, 0.717) is 13.1 Å². The average molecular weight is 325 g/mol. The second kappa shape index (κ2) is 7.21. The SMILES string of the molecule is CN(C)S(=O)(=O)NC1CC(=O)N(CCCc2ccccc2)C1. The molecule has 22 heavy (non-hydrogen) atoms.